The second kappa shape index (κ2) is 12.3. The Balaban J connectivity index is 1.39. The Bertz CT molecular complexity index is 1240. The zero-order chi connectivity index (χ0) is 26.2. The molecule has 0 aliphatic heterocycles. The summed E-state index contributed by atoms with van der Waals surface area (Å²) in [6.45, 7) is 3.06. The minimum atomic E-state index is -0.473. The van der Waals surface area contributed by atoms with Gasteiger partial charge < -0.3 is 21.7 Å². The number of aromatic nitrogens is 2. The number of benzene rings is 2. The van der Waals surface area contributed by atoms with Crippen LogP contribution in [0.5, 0.6) is 0 Å². The first-order valence-electron chi connectivity index (χ1n) is 12.6. The Hall–Kier alpha value is -4.05. The van der Waals surface area contributed by atoms with Crippen LogP contribution >= 0.6 is 0 Å². The molecule has 194 valence electrons. The average molecular weight is 504 g/mol. The third-order valence-electron chi connectivity index (χ3n) is 6.65. The topological polar surface area (TPSA) is 148 Å². The van der Waals surface area contributed by atoms with Crippen LogP contribution in [-0.4, -0.2) is 33.4 Å². The second-order valence-corrected chi connectivity index (χ2v) is 9.44. The molecule has 0 bridgehead atoms. The fourth-order valence-corrected chi connectivity index (χ4v) is 4.68. The largest absolute Gasteiger partial charge is 0.364 e. The number of hydrogen-bond acceptors (Lipinski definition) is 8. The van der Waals surface area contributed by atoms with E-state index in [1.807, 2.05) is 30.3 Å². The van der Waals surface area contributed by atoms with Crippen molar-refractivity contribution in [3.05, 3.63) is 76.0 Å². The van der Waals surface area contributed by atoms with Gasteiger partial charge in [-0.15, -0.1) is 0 Å². The predicted octanol–water partition coefficient (Wildman–Crippen LogP) is 4.23. The minimum absolute atomic E-state index is 0.00857. The Labute approximate surface area is 216 Å². The SMILES string of the molecule is CC(=O)NC1CCC(CNc2nc(NCc3cccc(-c4cccc(CN)c4)c3)ncc2[N+](=O)[O-])CC1. The number of carbonyl (C=O) groups is 1. The molecule has 1 aliphatic carbocycles. The van der Waals surface area contributed by atoms with Gasteiger partial charge in [-0.1, -0.05) is 36.4 Å². The number of rotatable bonds is 10. The summed E-state index contributed by atoms with van der Waals surface area (Å²) in [5.41, 5.74) is 9.90. The highest BCUT2D eigenvalue weighted by atomic mass is 16.6. The summed E-state index contributed by atoms with van der Waals surface area (Å²) in [4.78, 5) is 30.9. The van der Waals surface area contributed by atoms with Crippen molar-refractivity contribution in [1.82, 2.24) is 15.3 Å². The molecule has 1 fully saturated rings. The number of nitrogens with two attached hydrogens (primary N) is 1. The molecule has 10 nitrogen and oxygen atoms in total. The number of hydrogen-bond donors (Lipinski definition) is 4. The van der Waals surface area contributed by atoms with Crippen molar-refractivity contribution >= 4 is 23.4 Å². The van der Waals surface area contributed by atoms with Gasteiger partial charge in [0.05, 0.1) is 4.92 Å². The molecule has 1 heterocycles. The van der Waals surface area contributed by atoms with Crippen LogP contribution in [0.4, 0.5) is 17.5 Å². The van der Waals surface area contributed by atoms with Gasteiger partial charge in [-0.2, -0.15) is 4.98 Å². The third-order valence-corrected chi connectivity index (χ3v) is 6.65. The van der Waals surface area contributed by atoms with Crippen molar-refractivity contribution in [3.8, 4) is 11.1 Å². The summed E-state index contributed by atoms with van der Waals surface area (Å²) in [5, 5.41) is 20.9. The molecule has 1 aliphatic rings. The molecule has 37 heavy (non-hydrogen) atoms. The first-order chi connectivity index (χ1) is 17.9. The monoisotopic (exact) mass is 503 g/mol. The second-order valence-electron chi connectivity index (χ2n) is 9.44. The van der Waals surface area contributed by atoms with E-state index in [4.69, 9.17) is 5.73 Å². The van der Waals surface area contributed by atoms with E-state index >= 15 is 0 Å². The summed E-state index contributed by atoms with van der Waals surface area (Å²) in [7, 11) is 0. The molecule has 0 saturated heterocycles. The standard InChI is InChI=1S/C27H33N7O3/c1-18(35)32-24-10-8-19(9-11-24)15-29-26-25(34(36)37)17-31-27(33-26)30-16-21-5-3-7-23(13-21)22-6-2-4-20(12-22)14-28/h2-7,12-13,17,19,24H,8-11,14-16,28H2,1H3,(H,32,35)(H2,29,30,31,33). The van der Waals surface area contributed by atoms with Crippen molar-refractivity contribution in [2.24, 2.45) is 11.7 Å². The number of anilines is 2. The van der Waals surface area contributed by atoms with Crippen LogP contribution < -0.4 is 21.7 Å². The summed E-state index contributed by atoms with van der Waals surface area (Å²) in [6.07, 6.45) is 4.92. The van der Waals surface area contributed by atoms with Gasteiger partial charge in [0, 0.05) is 32.6 Å². The molecule has 5 N–H and O–H groups in total. The molecule has 10 heteroatoms. The number of nitrogens with one attached hydrogen (secondary N) is 3. The van der Waals surface area contributed by atoms with Crippen LogP contribution in [0.3, 0.4) is 0 Å². The molecular formula is C27H33N7O3. The van der Waals surface area contributed by atoms with Crippen LogP contribution in [0, 0.1) is 16.0 Å². The average Bonchev–Trinajstić information content (AvgIpc) is 2.91. The van der Waals surface area contributed by atoms with E-state index in [-0.39, 0.29) is 23.5 Å². The molecule has 1 aromatic heterocycles. The van der Waals surface area contributed by atoms with Gasteiger partial charge in [0.2, 0.25) is 17.7 Å². The van der Waals surface area contributed by atoms with Crippen molar-refractivity contribution in [1.29, 1.82) is 0 Å². The summed E-state index contributed by atoms with van der Waals surface area (Å²) < 4.78 is 0. The van der Waals surface area contributed by atoms with Gasteiger partial charge in [0.15, 0.2) is 0 Å². The normalized spacial score (nSPS) is 17.1. The molecule has 1 saturated carbocycles. The lowest BCUT2D eigenvalue weighted by Crippen LogP contribution is -2.37. The predicted molar refractivity (Wildman–Crippen MR) is 144 cm³/mol. The lowest BCUT2D eigenvalue weighted by molar-refractivity contribution is -0.384. The lowest BCUT2D eigenvalue weighted by atomic mass is 9.86. The Morgan fingerprint density at radius 1 is 1.05 bits per heavy atom. The van der Waals surface area contributed by atoms with Gasteiger partial charge in [-0.25, -0.2) is 4.98 Å². The van der Waals surface area contributed by atoms with Crippen molar-refractivity contribution in [2.45, 2.75) is 51.7 Å². The van der Waals surface area contributed by atoms with E-state index < -0.39 is 4.92 Å². The van der Waals surface area contributed by atoms with E-state index in [1.165, 1.54) is 13.1 Å². The van der Waals surface area contributed by atoms with E-state index in [0.717, 1.165) is 47.9 Å². The van der Waals surface area contributed by atoms with Gasteiger partial charge in [-0.05, 0) is 66.0 Å². The molecular weight excluding hydrogens is 470 g/mol. The van der Waals surface area contributed by atoms with Crippen LogP contribution in [0.2, 0.25) is 0 Å². The summed E-state index contributed by atoms with van der Waals surface area (Å²) >= 11 is 0. The zero-order valence-electron chi connectivity index (χ0n) is 20.9. The zero-order valence-corrected chi connectivity index (χ0v) is 20.9. The third kappa shape index (κ3) is 7.23. The minimum Gasteiger partial charge on any atom is -0.364 e. The molecule has 2 aromatic carbocycles. The fraction of sp³-hybridized carbons (Fsp3) is 0.370. The molecule has 1 amide bonds. The maximum atomic E-state index is 11.5. The fourth-order valence-electron chi connectivity index (χ4n) is 4.68. The Kier molecular flexibility index (Phi) is 8.63. The number of nitrogens with zero attached hydrogens (tertiary/aromatic N) is 3. The highest BCUT2D eigenvalue weighted by Gasteiger charge is 2.23. The lowest BCUT2D eigenvalue weighted by Gasteiger charge is -2.29. The molecule has 4 rings (SSSR count). The molecule has 0 unspecified atom stereocenters. The first-order valence-corrected chi connectivity index (χ1v) is 12.6. The van der Waals surface area contributed by atoms with Gasteiger partial charge in [0.1, 0.15) is 6.20 Å². The first kappa shape index (κ1) is 26.0. The van der Waals surface area contributed by atoms with E-state index in [1.54, 1.807) is 0 Å². The number of nitro groups is 1. The van der Waals surface area contributed by atoms with Gasteiger partial charge in [0.25, 0.3) is 0 Å². The van der Waals surface area contributed by atoms with Crippen LogP contribution in [0.15, 0.2) is 54.7 Å². The van der Waals surface area contributed by atoms with Crippen LogP contribution in [0.1, 0.15) is 43.7 Å². The van der Waals surface area contributed by atoms with E-state index in [9.17, 15) is 14.9 Å². The number of amides is 1. The Morgan fingerprint density at radius 2 is 1.73 bits per heavy atom. The maximum absolute atomic E-state index is 11.5. The van der Waals surface area contributed by atoms with Crippen molar-refractivity contribution < 1.29 is 9.72 Å². The van der Waals surface area contributed by atoms with Gasteiger partial charge >= 0.3 is 5.69 Å². The summed E-state index contributed by atoms with van der Waals surface area (Å²) in [5.74, 6) is 0.874. The van der Waals surface area contributed by atoms with Crippen molar-refractivity contribution in [2.75, 3.05) is 17.2 Å². The van der Waals surface area contributed by atoms with Crippen LogP contribution in [-0.2, 0) is 17.9 Å². The highest BCUT2D eigenvalue weighted by Crippen LogP contribution is 2.27. The number of carbonyl (C=O) groups excluding carboxylic acids is 1. The highest BCUT2D eigenvalue weighted by molar-refractivity contribution is 5.73. The van der Waals surface area contributed by atoms with Crippen molar-refractivity contribution in [3.63, 3.8) is 0 Å². The van der Waals surface area contributed by atoms with E-state index in [2.05, 4.69) is 44.1 Å². The Morgan fingerprint density at radius 3 is 2.38 bits per heavy atom. The summed E-state index contributed by atoms with van der Waals surface area (Å²) in [6, 6.07) is 16.5. The molecule has 3 aromatic rings. The van der Waals surface area contributed by atoms with E-state index in [0.29, 0.717) is 31.5 Å². The smallest absolute Gasteiger partial charge is 0.329 e. The van der Waals surface area contributed by atoms with Gasteiger partial charge in [-0.3, -0.25) is 14.9 Å². The quantitative estimate of drug-likeness (QED) is 0.237. The maximum Gasteiger partial charge on any atom is 0.329 e. The van der Waals surface area contributed by atoms with Crippen LogP contribution in [0.25, 0.3) is 11.1 Å². The molecule has 0 atom stereocenters. The molecule has 0 radical (unpaired) electrons. The molecule has 0 spiro atoms.